The summed E-state index contributed by atoms with van der Waals surface area (Å²) in [4.78, 5) is 10.9. The molecule has 46 heavy (non-hydrogen) atoms. The van der Waals surface area contributed by atoms with Crippen LogP contribution in [0.5, 0.6) is 0 Å². The second-order valence-electron chi connectivity index (χ2n) is 11.2. The topological polar surface area (TPSA) is 53.1 Å². The molecule has 1 aromatic carbocycles. The lowest BCUT2D eigenvalue weighted by molar-refractivity contribution is -0.0566. The van der Waals surface area contributed by atoms with Gasteiger partial charge in [-0.25, -0.2) is 8.78 Å². The normalized spacial score (nSPS) is 13.4. The average molecular weight is 636 g/mol. The molecule has 4 rings (SSSR count). The highest BCUT2D eigenvalue weighted by Crippen LogP contribution is 2.33. The Balaban J connectivity index is 0.000000935. The van der Waals surface area contributed by atoms with Crippen LogP contribution >= 0.6 is 0 Å². The molecule has 3 aromatic rings. The molecule has 0 unspecified atom stereocenters. The second-order valence-corrected chi connectivity index (χ2v) is 11.2. The van der Waals surface area contributed by atoms with Crippen LogP contribution in [-0.2, 0) is 13.0 Å². The van der Waals surface area contributed by atoms with Gasteiger partial charge >= 0.3 is 0 Å². The van der Waals surface area contributed by atoms with Gasteiger partial charge in [0.05, 0.1) is 11.9 Å². The summed E-state index contributed by atoms with van der Waals surface area (Å²) in [5, 5.41) is 6.54. The van der Waals surface area contributed by atoms with Crippen LogP contribution in [-0.4, -0.2) is 40.9 Å². The van der Waals surface area contributed by atoms with E-state index in [-0.39, 0.29) is 12.8 Å². The monoisotopic (exact) mass is 635 g/mol. The zero-order valence-electron chi connectivity index (χ0n) is 29.8. The lowest BCUT2D eigenvalue weighted by Crippen LogP contribution is -2.38. The van der Waals surface area contributed by atoms with Gasteiger partial charge in [0.1, 0.15) is 0 Å². The maximum absolute atomic E-state index is 13.5. The van der Waals surface area contributed by atoms with E-state index in [2.05, 4.69) is 85.4 Å². The van der Waals surface area contributed by atoms with Crippen molar-refractivity contribution in [1.82, 2.24) is 14.9 Å². The molecular weight excluding hydrogens is 576 g/mol. The van der Waals surface area contributed by atoms with Crippen molar-refractivity contribution in [3.05, 3.63) is 90.7 Å². The average Bonchev–Trinajstić information content (AvgIpc) is 3.10. The third-order valence-electron chi connectivity index (χ3n) is 7.58. The molecule has 1 aliphatic rings. The largest absolute Gasteiger partial charge is 0.388 e. The maximum atomic E-state index is 13.5. The van der Waals surface area contributed by atoms with Gasteiger partial charge in [0.15, 0.2) is 0 Å². The van der Waals surface area contributed by atoms with Gasteiger partial charge in [0.2, 0.25) is 0 Å². The number of rotatable bonds is 11. The van der Waals surface area contributed by atoms with Gasteiger partial charge in [-0.3, -0.25) is 14.9 Å². The minimum absolute atomic E-state index is 0.0895. The minimum atomic E-state index is -2.54. The summed E-state index contributed by atoms with van der Waals surface area (Å²) in [6.07, 6.45) is 11.4. The molecule has 5 nitrogen and oxygen atoms in total. The Bertz CT molecular complexity index is 1290. The van der Waals surface area contributed by atoms with Crippen molar-refractivity contribution in [1.29, 1.82) is 0 Å². The lowest BCUT2D eigenvalue weighted by atomic mass is 9.96. The van der Waals surface area contributed by atoms with Gasteiger partial charge < -0.3 is 10.6 Å². The summed E-state index contributed by atoms with van der Waals surface area (Å²) in [5.74, 6) is -2.54. The maximum Gasteiger partial charge on any atom is 0.250 e. The van der Waals surface area contributed by atoms with E-state index in [9.17, 15) is 8.78 Å². The summed E-state index contributed by atoms with van der Waals surface area (Å²) < 4.78 is 27.0. The fourth-order valence-electron chi connectivity index (χ4n) is 4.34. The van der Waals surface area contributed by atoms with Crippen molar-refractivity contribution in [3.63, 3.8) is 0 Å². The number of alkyl halides is 2. The number of halogens is 2. The number of piperidine rings is 1. The van der Waals surface area contributed by atoms with Crippen LogP contribution < -0.4 is 10.6 Å². The van der Waals surface area contributed by atoms with E-state index in [1.165, 1.54) is 25.7 Å². The van der Waals surface area contributed by atoms with Crippen molar-refractivity contribution >= 4 is 16.9 Å². The van der Waals surface area contributed by atoms with E-state index < -0.39 is 5.92 Å². The van der Waals surface area contributed by atoms with Gasteiger partial charge in [-0.1, -0.05) is 93.4 Å². The molecule has 0 saturated carbocycles. The molecule has 0 spiro atoms. The van der Waals surface area contributed by atoms with E-state index in [1.807, 2.05) is 57.6 Å². The van der Waals surface area contributed by atoms with Crippen molar-refractivity contribution in [2.75, 3.05) is 30.8 Å². The zero-order valence-corrected chi connectivity index (χ0v) is 29.8. The fourth-order valence-corrected chi connectivity index (χ4v) is 4.34. The number of aryl methyl sites for hydroxylation is 1. The van der Waals surface area contributed by atoms with Crippen LogP contribution in [0.2, 0.25) is 0 Å². The first-order valence-electron chi connectivity index (χ1n) is 17.1. The molecule has 0 amide bonds. The molecule has 0 radical (unpaired) electrons. The fraction of sp³-hybridized carbons (Fsp3) is 0.487. The van der Waals surface area contributed by atoms with Crippen LogP contribution in [0, 0.1) is 0 Å². The van der Waals surface area contributed by atoms with E-state index >= 15 is 0 Å². The van der Waals surface area contributed by atoms with Crippen LogP contribution in [0.25, 0.3) is 16.7 Å². The number of nitrogens with zero attached hydrogens (tertiary/aromatic N) is 3. The number of allylic oxidation sites excluding steroid dienone is 1. The van der Waals surface area contributed by atoms with Crippen LogP contribution in [0.1, 0.15) is 104 Å². The number of aromatic nitrogens is 2. The predicted octanol–water partition coefficient (Wildman–Crippen LogP) is 11.3. The molecule has 0 aliphatic carbocycles. The van der Waals surface area contributed by atoms with E-state index in [0.29, 0.717) is 25.3 Å². The number of likely N-dealkylation sites (tertiary alicyclic amines) is 1. The predicted molar refractivity (Wildman–Crippen MR) is 197 cm³/mol. The standard InChI is InChI=1S/C29H33F2N5.2C4H10.C2H6/c1-5-25-7-8-26(18-34-25)35-21(3)20(2)27-15-23(6-9-28(27)32-4)24-14-22(16-33-17-24)19-36-12-10-29(30,31)11-13-36;2*1-3-4-2;1-2/h6-9,14-18,32,35H,2-3,5,10-13,19H2,1,4H3;2*3-4H2,1-2H3;1-2H3. The Kier molecular flexibility index (Phi) is 19.4. The number of nitrogens with one attached hydrogen (secondary N) is 2. The quantitative estimate of drug-likeness (QED) is 0.205. The van der Waals surface area contributed by atoms with Crippen molar-refractivity contribution in [2.24, 2.45) is 0 Å². The first kappa shape index (κ1) is 40.4. The van der Waals surface area contributed by atoms with Gasteiger partial charge in [-0.05, 0) is 53.5 Å². The summed E-state index contributed by atoms with van der Waals surface area (Å²) in [7, 11) is 1.87. The molecule has 2 N–H and O–H groups in total. The summed E-state index contributed by atoms with van der Waals surface area (Å²) in [6, 6.07) is 12.2. The number of anilines is 2. The first-order chi connectivity index (χ1) is 22.1. The molecule has 0 atom stereocenters. The molecule has 2 aromatic heterocycles. The van der Waals surface area contributed by atoms with Gasteiger partial charge in [0.25, 0.3) is 5.92 Å². The molecule has 3 heterocycles. The van der Waals surface area contributed by atoms with Crippen LogP contribution in [0.15, 0.2) is 73.8 Å². The van der Waals surface area contributed by atoms with Gasteiger partial charge in [0, 0.05) is 80.1 Å². The number of pyridine rings is 2. The lowest BCUT2D eigenvalue weighted by Gasteiger charge is -2.31. The Morgan fingerprint density at radius 1 is 0.848 bits per heavy atom. The molecule has 1 aliphatic heterocycles. The molecule has 1 fully saturated rings. The van der Waals surface area contributed by atoms with Crippen molar-refractivity contribution in [3.8, 4) is 11.1 Å². The Morgan fingerprint density at radius 3 is 2.00 bits per heavy atom. The van der Waals surface area contributed by atoms with Crippen LogP contribution in [0.3, 0.4) is 0 Å². The zero-order chi connectivity index (χ0) is 34.5. The highest BCUT2D eigenvalue weighted by atomic mass is 19.3. The van der Waals surface area contributed by atoms with Crippen LogP contribution in [0.4, 0.5) is 20.2 Å². The van der Waals surface area contributed by atoms with Crippen molar-refractivity contribution in [2.45, 2.75) is 106 Å². The SMILES string of the molecule is C=C(Nc1ccc(CC)nc1)C(=C)c1cc(-c2cncc(CN3CCC(F)(F)CC3)c2)ccc1NC.CC.CCCC.CCCC. The minimum Gasteiger partial charge on any atom is -0.388 e. The highest BCUT2D eigenvalue weighted by molar-refractivity contribution is 5.88. The first-order valence-corrected chi connectivity index (χ1v) is 17.1. The van der Waals surface area contributed by atoms with E-state index in [4.69, 9.17) is 0 Å². The number of unbranched alkanes of at least 4 members (excludes halogenated alkanes) is 2. The summed E-state index contributed by atoms with van der Waals surface area (Å²) >= 11 is 0. The highest BCUT2D eigenvalue weighted by Gasteiger charge is 2.33. The molecule has 1 saturated heterocycles. The summed E-state index contributed by atoms with van der Waals surface area (Å²) in [6.45, 7) is 24.7. The Morgan fingerprint density at radius 2 is 1.48 bits per heavy atom. The summed E-state index contributed by atoms with van der Waals surface area (Å²) in [5.41, 5.74) is 8.15. The number of benzene rings is 1. The number of hydrogen-bond acceptors (Lipinski definition) is 5. The third kappa shape index (κ3) is 13.8. The molecule has 7 heteroatoms. The van der Waals surface area contributed by atoms with Gasteiger partial charge in [-0.2, -0.15) is 0 Å². The van der Waals surface area contributed by atoms with E-state index in [0.717, 1.165) is 51.3 Å². The Hall–Kier alpha value is -3.58. The van der Waals surface area contributed by atoms with Crippen molar-refractivity contribution < 1.29 is 8.78 Å². The molecular formula is C39H59F2N5. The third-order valence-corrected chi connectivity index (χ3v) is 7.58. The van der Waals surface area contributed by atoms with Gasteiger partial charge in [-0.15, -0.1) is 0 Å². The smallest absolute Gasteiger partial charge is 0.250 e. The Labute approximate surface area is 278 Å². The van der Waals surface area contributed by atoms with E-state index in [1.54, 1.807) is 6.20 Å². The number of hydrogen-bond donors (Lipinski definition) is 2. The molecule has 254 valence electrons. The second kappa shape index (κ2) is 22.0. The molecule has 0 bridgehead atoms.